The first-order valence-electron chi connectivity index (χ1n) is 6.58. The molecule has 0 radical (unpaired) electrons. The minimum Gasteiger partial charge on any atom is -0.372 e. The van der Waals surface area contributed by atoms with E-state index in [0.717, 1.165) is 19.1 Å². The van der Waals surface area contributed by atoms with Crippen LogP contribution in [0.2, 0.25) is 0 Å². The summed E-state index contributed by atoms with van der Waals surface area (Å²) in [6, 6.07) is 0.595. The number of ether oxygens (including phenoxy) is 1. The number of hydrogen-bond donors (Lipinski definition) is 1. The van der Waals surface area contributed by atoms with Crippen LogP contribution in [-0.2, 0) is 4.74 Å². The van der Waals surface area contributed by atoms with Gasteiger partial charge in [-0.3, -0.25) is 0 Å². The number of nitrogens with one attached hydrogen (secondary N) is 1. The van der Waals surface area contributed by atoms with Crippen LogP contribution in [-0.4, -0.2) is 24.8 Å². The smallest absolute Gasteiger partial charge is 0.0807 e. The summed E-state index contributed by atoms with van der Waals surface area (Å²) < 4.78 is 6.16. The summed E-state index contributed by atoms with van der Waals surface area (Å²) in [7, 11) is 0. The highest BCUT2D eigenvalue weighted by molar-refractivity contribution is 4.91. The van der Waals surface area contributed by atoms with E-state index < -0.39 is 0 Å². The van der Waals surface area contributed by atoms with Crippen molar-refractivity contribution in [3.05, 3.63) is 0 Å². The molecule has 1 atom stereocenters. The normalized spacial score (nSPS) is 31.0. The molecule has 0 aromatic carbocycles. The van der Waals surface area contributed by atoms with E-state index in [1.54, 1.807) is 0 Å². The first kappa shape index (κ1) is 11.4. The predicted molar refractivity (Wildman–Crippen MR) is 63.0 cm³/mol. The van der Waals surface area contributed by atoms with Crippen LogP contribution in [0.3, 0.4) is 0 Å². The summed E-state index contributed by atoms with van der Waals surface area (Å²) in [4.78, 5) is 0. The SMILES string of the molecule is CC(C)CC1COC2(CCCCC2)CN1. The van der Waals surface area contributed by atoms with Crippen molar-refractivity contribution in [2.45, 2.75) is 64.0 Å². The molecule has 2 aliphatic rings. The second-order valence-corrected chi connectivity index (χ2v) is 5.76. The van der Waals surface area contributed by atoms with Crippen molar-refractivity contribution < 1.29 is 4.74 Å². The summed E-state index contributed by atoms with van der Waals surface area (Å²) in [6.45, 7) is 6.59. The van der Waals surface area contributed by atoms with Gasteiger partial charge in [-0.2, -0.15) is 0 Å². The van der Waals surface area contributed by atoms with Gasteiger partial charge in [-0.1, -0.05) is 33.1 Å². The van der Waals surface area contributed by atoms with Gasteiger partial charge in [0.25, 0.3) is 0 Å². The van der Waals surface area contributed by atoms with Crippen LogP contribution in [0.15, 0.2) is 0 Å². The van der Waals surface area contributed by atoms with E-state index in [4.69, 9.17) is 4.74 Å². The van der Waals surface area contributed by atoms with E-state index in [0.29, 0.717) is 6.04 Å². The monoisotopic (exact) mass is 211 g/mol. The Hall–Kier alpha value is -0.0800. The van der Waals surface area contributed by atoms with Crippen molar-refractivity contribution >= 4 is 0 Å². The van der Waals surface area contributed by atoms with Gasteiger partial charge in [0, 0.05) is 12.6 Å². The summed E-state index contributed by atoms with van der Waals surface area (Å²) in [6.07, 6.45) is 7.91. The van der Waals surface area contributed by atoms with Crippen molar-refractivity contribution in [2.24, 2.45) is 5.92 Å². The van der Waals surface area contributed by atoms with Crippen LogP contribution in [0.1, 0.15) is 52.4 Å². The Morgan fingerprint density at radius 3 is 2.53 bits per heavy atom. The molecule has 1 aliphatic carbocycles. The van der Waals surface area contributed by atoms with Crippen LogP contribution in [0.4, 0.5) is 0 Å². The van der Waals surface area contributed by atoms with Gasteiger partial charge in [-0.05, 0) is 25.2 Å². The van der Waals surface area contributed by atoms with E-state index in [1.807, 2.05) is 0 Å². The van der Waals surface area contributed by atoms with E-state index >= 15 is 0 Å². The number of morpholine rings is 1. The molecule has 1 saturated heterocycles. The maximum atomic E-state index is 6.16. The summed E-state index contributed by atoms with van der Waals surface area (Å²) in [5.41, 5.74) is 0.214. The molecule has 1 spiro atoms. The lowest BCUT2D eigenvalue weighted by Crippen LogP contribution is -2.55. The molecule has 1 aliphatic heterocycles. The molecule has 1 unspecified atom stereocenters. The van der Waals surface area contributed by atoms with Crippen LogP contribution < -0.4 is 5.32 Å². The molecule has 1 N–H and O–H groups in total. The van der Waals surface area contributed by atoms with Crippen LogP contribution in [0.25, 0.3) is 0 Å². The van der Waals surface area contributed by atoms with Crippen molar-refractivity contribution in [2.75, 3.05) is 13.2 Å². The van der Waals surface area contributed by atoms with Crippen LogP contribution >= 0.6 is 0 Å². The van der Waals surface area contributed by atoms with Gasteiger partial charge >= 0.3 is 0 Å². The maximum Gasteiger partial charge on any atom is 0.0807 e. The fourth-order valence-electron chi connectivity index (χ4n) is 2.96. The number of rotatable bonds is 2. The molecular formula is C13H25NO. The average Bonchev–Trinajstić information content (AvgIpc) is 2.23. The van der Waals surface area contributed by atoms with E-state index in [1.165, 1.54) is 38.5 Å². The minimum atomic E-state index is 0.214. The first-order valence-corrected chi connectivity index (χ1v) is 6.58. The van der Waals surface area contributed by atoms with E-state index in [2.05, 4.69) is 19.2 Å². The van der Waals surface area contributed by atoms with Crippen molar-refractivity contribution in [1.29, 1.82) is 0 Å². The highest BCUT2D eigenvalue weighted by atomic mass is 16.5. The van der Waals surface area contributed by atoms with Crippen LogP contribution in [0, 0.1) is 5.92 Å². The largest absolute Gasteiger partial charge is 0.372 e. The fourth-order valence-corrected chi connectivity index (χ4v) is 2.96. The van der Waals surface area contributed by atoms with Crippen molar-refractivity contribution in [3.8, 4) is 0 Å². The molecule has 1 heterocycles. The quantitative estimate of drug-likeness (QED) is 0.758. The minimum absolute atomic E-state index is 0.214. The Morgan fingerprint density at radius 2 is 2.00 bits per heavy atom. The van der Waals surface area contributed by atoms with E-state index in [-0.39, 0.29) is 5.60 Å². The molecule has 2 fully saturated rings. The van der Waals surface area contributed by atoms with Gasteiger partial charge in [0.2, 0.25) is 0 Å². The molecule has 2 heteroatoms. The molecule has 0 amide bonds. The summed E-state index contributed by atoms with van der Waals surface area (Å²) in [5, 5.41) is 3.69. The second kappa shape index (κ2) is 4.84. The van der Waals surface area contributed by atoms with Crippen molar-refractivity contribution in [3.63, 3.8) is 0 Å². The molecule has 2 nitrogen and oxygen atoms in total. The molecule has 1 saturated carbocycles. The molecular weight excluding hydrogens is 186 g/mol. The summed E-state index contributed by atoms with van der Waals surface area (Å²) >= 11 is 0. The second-order valence-electron chi connectivity index (χ2n) is 5.76. The lowest BCUT2D eigenvalue weighted by Gasteiger charge is -2.43. The standard InChI is InChI=1S/C13H25NO/c1-11(2)8-12-9-15-13(10-14-12)6-4-3-5-7-13/h11-12,14H,3-10H2,1-2H3. The molecule has 2 rings (SSSR count). The van der Waals surface area contributed by atoms with Crippen LogP contribution in [0.5, 0.6) is 0 Å². The summed E-state index contributed by atoms with van der Waals surface area (Å²) in [5.74, 6) is 0.770. The zero-order valence-corrected chi connectivity index (χ0v) is 10.2. The third kappa shape index (κ3) is 2.94. The Bertz CT molecular complexity index is 187. The molecule has 0 aromatic rings. The lowest BCUT2D eigenvalue weighted by atomic mass is 9.83. The van der Waals surface area contributed by atoms with Gasteiger partial charge < -0.3 is 10.1 Å². The third-order valence-electron chi connectivity index (χ3n) is 3.82. The Kier molecular flexibility index (Phi) is 3.68. The number of hydrogen-bond acceptors (Lipinski definition) is 2. The Morgan fingerprint density at radius 1 is 1.27 bits per heavy atom. The Balaban J connectivity index is 1.80. The maximum absolute atomic E-state index is 6.16. The molecule has 15 heavy (non-hydrogen) atoms. The van der Waals surface area contributed by atoms with Gasteiger partial charge in [-0.25, -0.2) is 0 Å². The molecule has 0 bridgehead atoms. The average molecular weight is 211 g/mol. The van der Waals surface area contributed by atoms with Crippen molar-refractivity contribution in [1.82, 2.24) is 5.32 Å². The zero-order valence-electron chi connectivity index (χ0n) is 10.2. The first-order chi connectivity index (χ1) is 7.20. The predicted octanol–water partition coefficient (Wildman–Crippen LogP) is 2.72. The fraction of sp³-hybridized carbons (Fsp3) is 1.00. The topological polar surface area (TPSA) is 21.3 Å². The van der Waals surface area contributed by atoms with Gasteiger partial charge in [0.05, 0.1) is 12.2 Å². The lowest BCUT2D eigenvalue weighted by molar-refractivity contribution is -0.105. The molecule has 88 valence electrons. The Labute approximate surface area is 93.8 Å². The third-order valence-corrected chi connectivity index (χ3v) is 3.82. The van der Waals surface area contributed by atoms with E-state index in [9.17, 15) is 0 Å². The van der Waals surface area contributed by atoms with Gasteiger partial charge in [-0.15, -0.1) is 0 Å². The zero-order chi connectivity index (χ0) is 10.7. The van der Waals surface area contributed by atoms with Gasteiger partial charge in [0.15, 0.2) is 0 Å². The highest BCUT2D eigenvalue weighted by Crippen LogP contribution is 2.33. The highest BCUT2D eigenvalue weighted by Gasteiger charge is 2.37. The van der Waals surface area contributed by atoms with Gasteiger partial charge in [0.1, 0.15) is 0 Å². The molecule has 0 aromatic heterocycles.